The average molecular weight is 174 g/mol. The van der Waals surface area contributed by atoms with Crippen molar-refractivity contribution < 1.29 is 0 Å². The van der Waals surface area contributed by atoms with Crippen molar-refractivity contribution in [3.63, 3.8) is 0 Å². The van der Waals surface area contributed by atoms with Gasteiger partial charge in [0.15, 0.2) is 0 Å². The third kappa shape index (κ3) is 5.55. The fourth-order valence-electron chi connectivity index (χ4n) is 1.04. The molecule has 0 heterocycles. The minimum absolute atomic E-state index is 0.125. The molecule has 0 aliphatic carbocycles. The largest absolute Gasteiger partial charge is 0.133 e. The van der Waals surface area contributed by atoms with Gasteiger partial charge in [-0.2, -0.15) is 0 Å². The summed E-state index contributed by atoms with van der Waals surface area (Å²) in [6, 6.07) is 0. The molecule has 2 radical (unpaired) electrons. The van der Waals surface area contributed by atoms with Crippen molar-refractivity contribution in [3.05, 3.63) is 28.9 Å². The quantitative estimate of drug-likeness (QED) is 0.341. The van der Waals surface area contributed by atoms with Crippen molar-refractivity contribution in [2.75, 3.05) is 0 Å². The number of hydrogen-bond acceptors (Lipinski definition) is 0. The van der Waals surface area contributed by atoms with Gasteiger partial charge in [-0.15, -0.1) is 5.73 Å². The second-order valence-electron chi connectivity index (χ2n) is 4.67. The van der Waals surface area contributed by atoms with Crippen molar-refractivity contribution in [1.82, 2.24) is 0 Å². The number of rotatable bonds is 2. The fourth-order valence-corrected chi connectivity index (χ4v) is 1.04. The zero-order chi connectivity index (χ0) is 10.6. The van der Waals surface area contributed by atoms with Crippen molar-refractivity contribution in [2.24, 2.45) is 5.41 Å². The molecule has 0 atom stereocenters. The lowest BCUT2D eigenvalue weighted by Crippen LogP contribution is -2.09. The Balaban J connectivity index is 5.01. The summed E-state index contributed by atoms with van der Waals surface area (Å²) < 4.78 is 0. The van der Waals surface area contributed by atoms with Crippen LogP contribution in [0.3, 0.4) is 0 Å². The van der Waals surface area contributed by atoms with Crippen LogP contribution in [0.1, 0.15) is 41.0 Å². The van der Waals surface area contributed by atoms with Gasteiger partial charge < -0.3 is 0 Å². The van der Waals surface area contributed by atoms with E-state index in [1.807, 2.05) is 13.8 Å². The molecule has 0 aliphatic rings. The summed E-state index contributed by atoms with van der Waals surface area (Å²) in [5.74, 6) is 0. The molecule has 0 amide bonds. The van der Waals surface area contributed by atoms with Gasteiger partial charge in [0.2, 0.25) is 0 Å². The van der Waals surface area contributed by atoms with Crippen LogP contribution < -0.4 is 0 Å². The lowest BCUT2D eigenvalue weighted by molar-refractivity contribution is 0.492. The highest BCUT2D eigenvalue weighted by molar-refractivity contribution is 6.21. The van der Waals surface area contributed by atoms with Gasteiger partial charge in [-0.05, 0) is 31.3 Å². The van der Waals surface area contributed by atoms with E-state index >= 15 is 0 Å². The summed E-state index contributed by atoms with van der Waals surface area (Å²) in [5.41, 5.74) is 6.44. The maximum Gasteiger partial charge on any atom is 0.118 e. The fraction of sp³-hybridized carbons (Fsp3) is 0.583. The predicted molar refractivity (Wildman–Crippen MR) is 60.9 cm³/mol. The molecule has 0 fully saturated rings. The molecule has 0 N–H and O–H groups in total. The van der Waals surface area contributed by atoms with Crippen molar-refractivity contribution >= 4 is 7.85 Å². The van der Waals surface area contributed by atoms with E-state index in [1.165, 1.54) is 5.57 Å². The standard InChI is InChI=1S/C12H19B/c1-9(2)7-11(8-10(3)13)12(4,5)6/h1,7H2,2-6H3. The Bertz CT molecular complexity index is 253. The normalized spacial score (nSPS) is 10.5. The molecule has 0 bridgehead atoms. The lowest BCUT2D eigenvalue weighted by atomic mass is 9.82. The van der Waals surface area contributed by atoms with Gasteiger partial charge in [0.25, 0.3) is 0 Å². The highest BCUT2D eigenvalue weighted by Crippen LogP contribution is 2.29. The molecular weight excluding hydrogens is 155 g/mol. The summed E-state index contributed by atoms with van der Waals surface area (Å²) in [6.07, 6.45) is 0.887. The lowest BCUT2D eigenvalue weighted by Gasteiger charge is -2.21. The first kappa shape index (κ1) is 12.3. The van der Waals surface area contributed by atoms with Gasteiger partial charge in [-0.25, -0.2) is 0 Å². The van der Waals surface area contributed by atoms with Crippen LogP contribution in [-0.4, -0.2) is 7.85 Å². The zero-order valence-electron chi connectivity index (χ0n) is 9.49. The van der Waals surface area contributed by atoms with Gasteiger partial charge >= 0.3 is 0 Å². The van der Waals surface area contributed by atoms with Crippen molar-refractivity contribution in [2.45, 2.75) is 41.0 Å². The van der Waals surface area contributed by atoms with Crippen LogP contribution in [0.4, 0.5) is 0 Å². The molecule has 70 valence electrons. The van der Waals surface area contributed by atoms with E-state index in [1.54, 1.807) is 0 Å². The van der Waals surface area contributed by atoms with E-state index in [-0.39, 0.29) is 5.41 Å². The molecule has 0 aromatic heterocycles. The maximum atomic E-state index is 5.62. The highest BCUT2D eigenvalue weighted by Gasteiger charge is 2.16. The van der Waals surface area contributed by atoms with E-state index in [4.69, 9.17) is 7.85 Å². The van der Waals surface area contributed by atoms with Crippen LogP contribution in [0.2, 0.25) is 0 Å². The summed E-state index contributed by atoms with van der Waals surface area (Å²) in [7, 11) is 5.62. The topological polar surface area (TPSA) is 0 Å². The van der Waals surface area contributed by atoms with Crippen LogP contribution in [0.15, 0.2) is 28.9 Å². The first-order valence-electron chi connectivity index (χ1n) is 4.60. The van der Waals surface area contributed by atoms with Gasteiger partial charge in [0, 0.05) is 0 Å². The molecular formula is C12H19B. The SMILES string of the molecule is [B]C(C)=C=C(CC(=C)C)C(C)(C)C. The number of allylic oxidation sites excluding steroid dienone is 2. The summed E-state index contributed by atoms with van der Waals surface area (Å²) in [4.78, 5) is 0. The molecule has 0 unspecified atom stereocenters. The molecule has 0 nitrogen and oxygen atoms in total. The minimum Gasteiger partial charge on any atom is -0.133 e. The van der Waals surface area contributed by atoms with Crippen molar-refractivity contribution in [1.29, 1.82) is 0 Å². The van der Waals surface area contributed by atoms with E-state index < -0.39 is 0 Å². The van der Waals surface area contributed by atoms with E-state index in [0.29, 0.717) is 0 Å². The maximum absolute atomic E-state index is 5.62. The Hall–Kier alpha value is -0.675. The first-order chi connectivity index (χ1) is 5.73. The Morgan fingerprint density at radius 3 is 2.00 bits per heavy atom. The highest BCUT2D eigenvalue weighted by atomic mass is 14.2. The molecule has 0 aromatic carbocycles. The Kier molecular flexibility index (Phi) is 4.29. The van der Waals surface area contributed by atoms with Gasteiger partial charge in [-0.3, -0.25) is 0 Å². The molecule has 0 aliphatic heterocycles. The predicted octanol–water partition coefficient (Wildman–Crippen LogP) is 3.60. The van der Waals surface area contributed by atoms with E-state index in [9.17, 15) is 0 Å². The van der Waals surface area contributed by atoms with Gasteiger partial charge in [0.1, 0.15) is 7.85 Å². The Morgan fingerprint density at radius 1 is 1.31 bits per heavy atom. The van der Waals surface area contributed by atoms with Crippen molar-refractivity contribution in [3.8, 4) is 0 Å². The molecule has 0 aromatic rings. The minimum atomic E-state index is 0.125. The average Bonchev–Trinajstić information content (AvgIpc) is 1.81. The summed E-state index contributed by atoms with van der Waals surface area (Å²) in [5, 5.41) is 0. The smallest absolute Gasteiger partial charge is 0.118 e. The van der Waals surface area contributed by atoms with Crippen LogP contribution in [0.25, 0.3) is 0 Å². The summed E-state index contributed by atoms with van der Waals surface area (Å²) in [6.45, 7) is 14.3. The molecule has 1 heteroatoms. The number of hydrogen-bond donors (Lipinski definition) is 0. The summed E-state index contributed by atoms with van der Waals surface area (Å²) >= 11 is 0. The molecule has 0 rings (SSSR count). The second-order valence-corrected chi connectivity index (χ2v) is 4.67. The molecule has 0 saturated carbocycles. The Labute approximate surface area is 83.8 Å². The third-order valence-corrected chi connectivity index (χ3v) is 1.73. The van der Waals surface area contributed by atoms with Crippen LogP contribution in [0, 0.1) is 5.41 Å². The monoisotopic (exact) mass is 174 g/mol. The first-order valence-corrected chi connectivity index (χ1v) is 4.60. The van der Waals surface area contributed by atoms with E-state index in [2.05, 4.69) is 33.1 Å². The Morgan fingerprint density at radius 2 is 1.77 bits per heavy atom. The molecule has 0 saturated heterocycles. The van der Waals surface area contributed by atoms with Crippen LogP contribution in [-0.2, 0) is 0 Å². The van der Waals surface area contributed by atoms with Gasteiger partial charge in [-0.1, -0.05) is 38.4 Å². The van der Waals surface area contributed by atoms with Crippen LogP contribution >= 0.6 is 0 Å². The second kappa shape index (κ2) is 4.53. The van der Waals surface area contributed by atoms with Crippen LogP contribution in [0.5, 0.6) is 0 Å². The van der Waals surface area contributed by atoms with E-state index in [0.717, 1.165) is 17.5 Å². The van der Waals surface area contributed by atoms with Gasteiger partial charge in [0.05, 0.1) is 0 Å². The zero-order valence-corrected chi connectivity index (χ0v) is 9.49. The molecule has 13 heavy (non-hydrogen) atoms. The molecule has 0 spiro atoms. The third-order valence-electron chi connectivity index (χ3n) is 1.73.